The molecule has 6 rings (SSSR count). The highest BCUT2D eigenvalue weighted by atomic mass is 32.1. The van der Waals surface area contributed by atoms with Gasteiger partial charge in [0.2, 0.25) is 5.43 Å². The Balaban J connectivity index is 1.33. The number of morpholine rings is 1. The number of likely N-dealkylation sites (tertiary alicyclic amines) is 1. The number of aromatic nitrogens is 4. The lowest BCUT2D eigenvalue weighted by Crippen LogP contribution is -2.41. The number of hydrogen-bond donors (Lipinski definition) is 3. The molecule has 4 aromatic heterocycles. The highest BCUT2D eigenvalue weighted by molar-refractivity contribution is 7.13. The second-order valence-corrected chi connectivity index (χ2v) is 12.8. The van der Waals surface area contributed by atoms with Crippen molar-refractivity contribution < 1.29 is 32.6 Å². The number of alkyl halides is 3. The van der Waals surface area contributed by atoms with E-state index in [9.17, 15) is 32.7 Å². The van der Waals surface area contributed by atoms with Crippen molar-refractivity contribution in [3.63, 3.8) is 0 Å². The van der Waals surface area contributed by atoms with E-state index in [2.05, 4.69) is 35.4 Å². The number of hydrogen-bond acceptors (Lipinski definition) is 10. The maximum absolute atomic E-state index is 13.5. The van der Waals surface area contributed by atoms with Crippen molar-refractivity contribution >= 4 is 40.2 Å². The van der Waals surface area contributed by atoms with Crippen molar-refractivity contribution in [1.29, 1.82) is 0 Å². The van der Waals surface area contributed by atoms with Gasteiger partial charge in [0.05, 0.1) is 18.6 Å². The smallest absolute Gasteiger partial charge is 0.434 e. The number of amides is 2. The van der Waals surface area contributed by atoms with E-state index in [-0.39, 0.29) is 33.3 Å². The molecule has 49 heavy (non-hydrogen) atoms. The first-order chi connectivity index (χ1) is 23.5. The standard InChI is InChI=1S/C32H35F3N8O5S/c1-2-36-31(47)40-26-12-21(29-39-25(18-49-29)32(33,34)35)23(14-37-26)20-11-22-27(44)24(30(45)46)17-43(28(22)38-13-20)16-19-3-4-42(15-19)6-5-41-7-9-48-10-8-41/h11-14,17-19H,2-10,15-16H2,1H3,(H,45,46)(H2,36,37,40,47)/t19-/m1/s1. The monoisotopic (exact) mass is 700 g/mol. The molecule has 260 valence electrons. The number of thiazole rings is 1. The number of carbonyl (C=O) groups excluding carboxylic acids is 1. The largest absolute Gasteiger partial charge is 0.477 e. The number of carbonyl (C=O) groups is 2. The topological polar surface area (TPSA) is 155 Å². The van der Waals surface area contributed by atoms with E-state index in [1.807, 2.05) is 0 Å². The zero-order valence-corrected chi connectivity index (χ0v) is 27.4. The van der Waals surface area contributed by atoms with Gasteiger partial charge in [0, 0.05) is 86.5 Å². The van der Waals surface area contributed by atoms with Gasteiger partial charge < -0.3 is 24.6 Å². The minimum Gasteiger partial charge on any atom is -0.477 e. The van der Waals surface area contributed by atoms with Crippen LogP contribution in [0.2, 0.25) is 0 Å². The molecule has 2 amide bonds. The summed E-state index contributed by atoms with van der Waals surface area (Å²) in [6.07, 6.45) is 0.372. The van der Waals surface area contributed by atoms with Crippen LogP contribution in [0.4, 0.5) is 23.8 Å². The molecule has 2 aliphatic rings. The third kappa shape index (κ3) is 7.90. The van der Waals surface area contributed by atoms with Crippen molar-refractivity contribution in [1.82, 2.24) is 34.6 Å². The molecule has 13 nitrogen and oxygen atoms in total. The second-order valence-electron chi connectivity index (χ2n) is 12.0. The van der Waals surface area contributed by atoms with Crippen LogP contribution in [-0.2, 0) is 17.5 Å². The summed E-state index contributed by atoms with van der Waals surface area (Å²) in [7, 11) is 0. The van der Waals surface area contributed by atoms with Gasteiger partial charge in [0.1, 0.15) is 22.0 Å². The molecule has 0 saturated carbocycles. The number of ether oxygens (including phenoxy) is 1. The van der Waals surface area contributed by atoms with Gasteiger partial charge in [-0.1, -0.05) is 0 Å². The molecular weight excluding hydrogens is 665 g/mol. The summed E-state index contributed by atoms with van der Waals surface area (Å²) < 4.78 is 47.6. The molecule has 2 aliphatic heterocycles. The van der Waals surface area contributed by atoms with Crippen LogP contribution >= 0.6 is 11.3 Å². The third-order valence-corrected chi connectivity index (χ3v) is 9.50. The number of halogens is 3. The number of anilines is 1. The number of carboxylic acids is 1. The van der Waals surface area contributed by atoms with Crippen LogP contribution < -0.4 is 16.1 Å². The summed E-state index contributed by atoms with van der Waals surface area (Å²) in [6.45, 7) is 9.41. The number of pyridine rings is 3. The Hall–Kier alpha value is -4.45. The number of urea groups is 1. The van der Waals surface area contributed by atoms with Crippen molar-refractivity contribution in [2.45, 2.75) is 26.1 Å². The third-order valence-electron chi connectivity index (χ3n) is 8.62. The lowest BCUT2D eigenvalue weighted by atomic mass is 10.0. The Morgan fingerprint density at radius 2 is 1.86 bits per heavy atom. The van der Waals surface area contributed by atoms with Crippen LogP contribution in [0.5, 0.6) is 0 Å². The Morgan fingerprint density at radius 1 is 1.08 bits per heavy atom. The molecule has 6 heterocycles. The van der Waals surface area contributed by atoms with E-state index in [1.54, 1.807) is 11.5 Å². The fraction of sp³-hybridized carbons (Fsp3) is 0.438. The van der Waals surface area contributed by atoms with Crippen molar-refractivity contribution in [2.24, 2.45) is 5.92 Å². The molecule has 0 unspecified atom stereocenters. The number of nitrogens with one attached hydrogen (secondary N) is 2. The molecule has 1 atom stereocenters. The second kappa shape index (κ2) is 14.6. The number of nitrogens with zero attached hydrogens (tertiary/aromatic N) is 6. The fourth-order valence-electron chi connectivity index (χ4n) is 6.14. The van der Waals surface area contributed by atoms with Gasteiger partial charge >= 0.3 is 18.2 Å². The summed E-state index contributed by atoms with van der Waals surface area (Å²) in [6, 6.07) is 2.32. The molecule has 0 bridgehead atoms. The van der Waals surface area contributed by atoms with Crippen LogP contribution in [0.1, 0.15) is 29.4 Å². The lowest BCUT2D eigenvalue weighted by Gasteiger charge is -2.28. The van der Waals surface area contributed by atoms with Crippen LogP contribution in [0.3, 0.4) is 0 Å². The van der Waals surface area contributed by atoms with Gasteiger partial charge in [-0.25, -0.2) is 24.5 Å². The van der Waals surface area contributed by atoms with Crippen LogP contribution in [0, 0.1) is 5.92 Å². The minimum atomic E-state index is -4.67. The zero-order valence-electron chi connectivity index (χ0n) is 26.6. The first-order valence-corrected chi connectivity index (χ1v) is 16.8. The number of rotatable bonds is 10. The average Bonchev–Trinajstić information content (AvgIpc) is 3.76. The zero-order chi connectivity index (χ0) is 34.7. The SMILES string of the molecule is CCNC(=O)Nc1cc(-c2nc(C(F)(F)F)cs2)c(-c2cnc3c(c2)c(=O)c(C(=O)O)cn3C[C@@H]2CCN(CCN3CCOCC3)C2)cn1. The van der Waals surface area contributed by atoms with Crippen LogP contribution in [0.25, 0.3) is 32.7 Å². The van der Waals surface area contributed by atoms with Gasteiger partial charge in [-0.05, 0) is 37.9 Å². The van der Waals surface area contributed by atoms with E-state index in [1.165, 1.54) is 30.7 Å². The van der Waals surface area contributed by atoms with Gasteiger partial charge in [-0.2, -0.15) is 13.2 Å². The molecule has 0 aliphatic carbocycles. The summed E-state index contributed by atoms with van der Waals surface area (Å²) in [5, 5.41) is 16.0. The molecule has 0 spiro atoms. The first-order valence-electron chi connectivity index (χ1n) is 15.9. The van der Waals surface area contributed by atoms with E-state index in [0.29, 0.717) is 24.3 Å². The highest BCUT2D eigenvalue weighted by Gasteiger charge is 2.34. The van der Waals surface area contributed by atoms with Crippen molar-refractivity contribution in [3.8, 4) is 21.7 Å². The average molecular weight is 701 g/mol. The van der Waals surface area contributed by atoms with E-state index in [4.69, 9.17) is 4.74 Å². The van der Waals surface area contributed by atoms with Crippen LogP contribution in [0.15, 0.2) is 40.9 Å². The molecule has 17 heteroatoms. The fourth-order valence-corrected chi connectivity index (χ4v) is 7.00. The molecule has 0 aromatic carbocycles. The minimum absolute atomic E-state index is 0.000114. The van der Waals surface area contributed by atoms with Crippen molar-refractivity contribution in [3.05, 3.63) is 57.6 Å². The maximum Gasteiger partial charge on any atom is 0.434 e. The van der Waals surface area contributed by atoms with E-state index in [0.717, 1.165) is 75.6 Å². The molecule has 0 radical (unpaired) electrons. The molecule has 3 N–H and O–H groups in total. The summed E-state index contributed by atoms with van der Waals surface area (Å²) in [5.41, 5.74) is -1.12. The predicted molar refractivity (Wildman–Crippen MR) is 177 cm³/mol. The summed E-state index contributed by atoms with van der Waals surface area (Å²) >= 11 is 0.758. The Morgan fingerprint density at radius 3 is 2.57 bits per heavy atom. The molecular formula is C32H35F3N8O5S. The Kier molecular flexibility index (Phi) is 10.2. The number of aromatic carboxylic acids is 1. The Labute approximate surface area is 282 Å². The van der Waals surface area contributed by atoms with Gasteiger partial charge in [-0.3, -0.25) is 15.0 Å². The van der Waals surface area contributed by atoms with Gasteiger partial charge in [0.15, 0.2) is 5.69 Å². The van der Waals surface area contributed by atoms with Crippen molar-refractivity contribution in [2.75, 3.05) is 64.3 Å². The lowest BCUT2D eigenvalue weighted by molar-refractivity contribution is -0.140. The number of carboxylic acid groups (broad SMARTS) is 1. The van der Waals surface area contributed by atoms with Gasteiger partial charge in [-0.15, -0.1) is 11.3 Å². The van der Waals surface area contributed by atoms with Gasteiger partial charge in [0.25, 0.3) is 0 Å². The van der Waals surface area contributed by atoms with Crippen LogP contribution in [-0.4, -0.2) is 105 Å². The summed E-state index contributed by atoms with van der Waals surface area (Å²) in [4.78, 5) is 55.2. The predicted octanol–water partition coefficient (Wildman–Crippen LogP) is 4.09. The normalized spacial score (nSPS) is 17.4. The first kappa shape index (κ1) is 34.4. The van der Waals surface area contributed by atoms with E-state index < -0.39 is 34.9 Å². The number of fused-ring (bicyclic) bond motifs is 1. The quantitative estimate of drug-likeness (QED) is 0.220. The molecule has 2 saturated heterocycles. The molecule has 4 aromatic rings. The molecule has 2 fully saturated rings. The summed E-state index contributed by atoms with van der Waals surface area (Å²) in [5.74, 6) is -1.12. The van der Waals surface area contributed by atoms with E-state index >= 15 is 0 Å². The maximum atomic E-state index is 13.5. The Bertz CT molecular complexity index is 1910. The highest BCUT2D eigenvalue weighted by Crippen LogP contribution is 2.38.